The molecule has 0 aliphatic carbocycles. The summed E-state index contributed by atoms with van der Waals surface area (Å²) in [7, 11) is 2.13. The Balaban J connectivity index is 1.68. The molecule has 2 aliphatic rings. The van der Waals surface area contributed by atoms with E-state index in [-0.39, 0.29) is 11.4 Å². The van der Waals surface area contributed by atoms with Crippen LogP contribution >= 0.6 is 23.4 Å². The molecule has 2 aromatic rings. The molecule has 0 unspecified atom stereocenters. The van der Waals surface area contributed by atoms with E-state index < -0.39 is 0 Å². The summed E-state index contributed by atoms with van der Waals surface area (Å²) in [5, 5.41) is 4.10. The van der Waals surface area contributed by atoms with E-state index in [9.17, 15) is 4.79 Å². The van der Waals surface area contributed by atoms with E-state index >= 15 is 0 Å². The zero-order valence-corrected chi connectivity index (χ0v) is 20.2. The van der Waals surface area contributed by atoms with Crippen molar-refractivity contribution in [3.05, 3.63) is 68.6 Å². The van der Waals surface area contributed by atoms with Crippen molar-refractivity contribution in [2.75, 3.05) is 11.9 Å². The van der Waals surface area contributed by atoms with E-state index in [1.807, 2.05) is 31.2 Å². The van der Waals surface area contributed by atoms with Crippen molar-refractivity contribution in [1.29, 1.82) is 0 Å². The van der Waals surface area contributed by atoms with Gasteiger partial charge in [-0.1, -0.05) is 23.7 Å². The Kier molecular flexibility index (Phi) is 5.52. The number of carbonyl (C=O) groups excluding carboxylic acids is 1. The molecule has 4 nitrogen and oxygen atoms in total. The molecule has 2 heterocycles. The van der Waals surface area contributed by atoms with Gasteiger partial charge in [-0.3, -0.25) is 4.79 Å². The van der Waals surface area contributed by atoms with Crippen LogP contribution in [-0.2, 0) is 4.79 Å². The summed E-state index contributed by atoms with van der Waals surface area (Å²) in [5.41, 5.74) is 7.45. The minimum atomic E-state index is -0.133. The molecule has 0 aromatic heterocycles. The first-order chi connectivity index (χ1) is 14.6. The van der Waals surface area contributed by atoms with Gasteiger partial charge in [-0.05, 0) is 99.0 Å². The van der Waals surface area contributed by atoms with Gasteiger partial charge in [-0.25, -0.2) is 4.99 Å². The summed E-state index contributed by atoms with van der Waals surface area (Å²) < 4.78 is 0. The third-order valence-electron chi connectivity index (χ3n) is 6.00. The van der Waals surface area contributed by atoms with E-state index in [2.05, 4.69) is 68.2 Å². The van der Waals surface area contributed by atoms with Crippen LogP contribution in [0.1, 0.15) is 43.0 Å². The smallest absolute Gasteiger partial charge is 0.264 e. The number of amidine groups is 1. The Morgan fingerprint density at radius 1 is 1.19 bits per heavy atom. The molecule has 31 heavy (non-hydrogen) atoms. The monoisotopic (exact) mass is 451 g/mol. The number of benzene rings is 2. The first-order valence-corrected chi connectivity index (χ1v) is 11.4. The van der Waals surface area contributed by atoms with Crippen LogP contribution in [0.25, 0.3) is 11.6 Å². The zero-order valence-electron chi connectivity index (χ0n) is 18.6. The Morgan fingerprint density at radius 3 is 2.68 bits per heavy atom. The van der Waals surface area contributed by atoms with Crippen LogP contribution in [0.2, 0.25) is 5.02 Å². The molecule has 4 rings (SSSR count). The summed E-state index contributed by atoms with van der Waals surface area (Å²) in [6.07, 6.45) is 4.24. The number of aliphatic imine (C=N–C) groups is 1. The highest BCUT2D eigenvalue weighted by Gasteiger charge is 2.29. The topological polar surface area (TPSA) is 44.7 Å². The molecule has 0 bridgehead atoms. The second-order valence-electron chi connectivity index (χ2n) is 8.63. The van der Waals surface area contributed by atoms with Gasteiger partial charge in [0.2, 0.25) is 0 Å². The van der Waals surface area contributed by atoms with Crippen LogP contribution in [-0.4, -0.2) is 23.7 Å². The number of hydrogen-bond acceptors (Lipinski definition) is 4. The van der Waals surface area contributed by atoms with Gasteiger partial charge in [0.1, 0.15) is 0 Å². The minimum Gasteiger partial charge on any atom is -0.365 e. The predicted octanol–water partition coefficient (Wildman–Crippen LogP) is 6.48. The van der Waals surface area contributed by atoms with Crippen molar-refractivity contribution < 1.29 is 4.79 Å². The van der Waals surface area contributed by atoms with E-state index in [0.29, 0.717) is 15.1 Å². The number of aryl methyl sites for hydroxylation is 1. The van der Waals surface area contributed by atoms with Crippen LogP contribution in [0.3, 0.4) is 0 Å². The maximum atomic E-state index is 12.6. The largest absolute Gasteiger partial charge is 0.365 e. The number of nitrogens with zero attached hydrogens (tertiary/aromatic N) is 2. The van der Waals surface area contributed by atoms with Crippen LogP contribution in [0.5, 0.6) is 0 Å². The lowest BCUT2D eigenvalue weighted by Crippen LogP contribution is -2.42. The number of fused-ring (bicyclic) bond motifs is 1. The van der Waals surface area contributed by atoms with Gasteiger partial charge in [0.25, 0.3) is 5.91 Å². The summed E-state index contributed by atoms with van der Waals surface area (Å²) >= 11 is 7.55. The second kappa shape index (κ2) is 7.88. The highest BCUT2D eigenvalue weighted by atomic mass is 35.5. The Bertz CT molecular complexity index is 1190. The second-order valence-corrected chi connectivity index (χ2v) is 10.1. The molecule has 1 saturated heterocycles. The molecule has 0 spiro atoms. The number of anilines is 1. The average molecular weight is 452 g/mol. The number of likely N-dealkylation sites (N-methyl/N-ethyl adjacent to an activating group) is 1. The van der Waals surface area contributed by atoms with Crippen LogP contribution in [0.15, 0.2) is 46.3 Å². The minimum absolute atomic E-state index is 0.0332. The van der Waals surface area contributed by atoms with Crippen molar-refractivity contribution >= 4 is 57.5 Å². The quantitative estimate of drug-likeness (QED) is 0.531. The van der Waals surface area contributed by atoms with Gasteiger partial charge in [0, 0.05) is 23.3 Å². The van der Waals surface area contributed by atoms with Crippen molar-refractivity contribution in [1.82, 2.24) is 5.32 Å². The van der Waals surface area contributed by atoms with Gasteiger partial charge < -0.3 is 10.2 Å². The average Bonchev–Trinajstić information content (AvgIpc) is 3.03. The third kappa shape index (κ3) is 4.04. The lowest BCUT2D eigenvalue weighted by atomic mass is 9.87. The molecule has 6 heteroatoms. The molecule has 160 valence electrons. The fraction of sp³-hybridized carbons (Fsp3) is 0.280. The van der Waals surface area contributed by atoms with E-state index in [0.717, 1.165) is 22.4 Å². The number of thioether (sulfide) groups is 1. The van der Waals surface area contributed by atoms with Gasteiger partial charge >= 0.3 is 0 Å². The molecule has 1 fully saturated rings. The van der Waals surface area contributed by atoms with Crippen molar-refractivity contribution in [2.45, 2.75) is 40.2 Å². The molecular formula is C25H26ClN3OS. The number of allylic oxidation sites excluding steroid dienone is 1. The van der Waals surface area contributed by atoms with Crippen molar-refractivity contribution in [2.24, 2.45) is 4.99 Å². The maximum Gasteiger partial charge on any atom is 0.264 e. The highest BCUT2D eigenvalue weighted by molar-refractivity contribution is 8.18. The molecule has 0 saturated carbocycles. The lowest BCUT2D eigenvalue weighted by molar-refractivity contribution is -0.115. The van der Waals surface area contributed by atoms with Crippen LogP contribution in [0.4, 0.5) is 11.4 Å². The molecule has 1 amide bonds. The van der Waals surface area contributed by atoms with E-state index in [4.69, 9.17) is 11.6 Å². The number of amides is 1. The Morgan fingerprint density at radius 2 is 1.94 bits per heavy atom. The highest BCUT2D eigenvalue weighted by Crippen LogP contribution is 2.40. The van der Waals surface area contributed by atoms with Crippen LogP contribution in [0, 0.1) is 13.8 Å². The molecule has 2 aromatic carbocycles. The summed E-state index contributed by atoms with van der Waals surface area (Å²) in [6.45, 7) is 10.6. The maximum absolute atomic E-state index is 12.6. The van der Waals surface area contributed by atoms with Crippen molar-refractivity contribution in [3.63, 3.8) is 0 Å². The van der Waals surface area contributed by atoms with Gasteiger partial charge in [0.05, 0.1) is 16.1 Å². The first kappa shape index (κ1) is 21.7. The fourth-order valence-electron chi connectivity index (χ4n) is 3.92. The number of rotatable bonds is 2. The van der Waals surface area contributed by atoms with Gasteiger partial charge in [-0.2, -0.15) is 0 Å². The van der Waals surface area contributed by atoms with Crippen molar-refractivity contribution in [3.8, 4) is 0 Å². The molecular weight excluding hydrogens is 426 g/mol. The SMILES string of the molecule is CC1=CC(C)(C)N(C)c2cc(C)c(/C=C3/SC(=Nc4cccc(Cl)c4C)NC3=O)cc21. The molecule has 0 atom stereocenters. The molecule has 1 N–H and O–H groups in total. The first-order valence-electron chi connectivity index (χ1n) is 10.2. The number of halogens is 1. The van der Waals surface area contributed by atoms with Gasteiger partial charge in [-0.15, -0.1) is 0 Å². The Labute approximate surface area is 193 Å². The summed E-state index contributed by atoms with van der Waals surface area (Å²) in [5.74, 6) is -0.133. The third-order valence-corrected chi connectivity index (χ3v) is 7.32. The molecule has 2 aliphatic heterocycles. The van der Waals surface area contributed by atoms with Crippen LogP contribution < -0.4 is 10.2 Å². The number of nitrogens with one attached hydrogen (secondary N) is 1. The Hall–Kier alpha value is -2.50. The van der Waals surface area contributed by atoms with E-state index in [1.54, 1.807) is 0 Å². The zero-order chi connectivity index (χ0) is 22.5. The molecule has 0 radical (unpaired) electrons. The normalized spacial score (nSPS) is 20.2. The predicted molar refractivity (Wildman–Crippen MR) is 134 cm³/mol. The summed E-state index contributed by atoms with van der Waals surface area (Å²) in [4.78, 5) is 20.1. The van der Waals surface area contributed by atoms with E-state index in [1.165, 1.54) is 28.6 Å². The number of hydrogen-bond donors (Lipinski definition) is 1. The standard InChI is InChI=1S/C25H26ClN3OS/c1-14-10-21-18(15(2)13-25(4,5)29(21)6)11-17(14)12-22-23(30)28-24(31-22)27-20-9-7-8-19(26)16(20)3/h7-13H,1-6H3,(H,27,28,30)/b22-12+. The lowest BCUT2D eigenvalue weighted by Gasteiger charge is -2.41. The van der Waals surface area contributed by atoms with Gasteiger partial charge in [0.15, 0.2) is 5.17 Å². The number of carbonyl (C=O) groups is 1. The fourth-order valence-corrected chi connectivity index (χ4v) is 4.92. The summed E-state index contributed by atoms with van der Waals surface area (Å²) in [6, 6.07) is 9.97.